The topological polar surface area (TPSA) is 51.8 Å². The van der Waals surface area contributed by atoms with Gasteiger partial charge in [0.1, 0.15) is 10.0 Å². The van der Waals surface area contributed by atoms with Crippen LogP contribution in [0.5, 0.6) is 0 Å². The van der Waals surface area contributed by atoms with E-state index in [2.05, 4.69) is 48.3 Å². The van der Waals surface area contributed by atoms with Crippen LogP contribution >= 0.6 is 11.3 Å². The molecule has 0 fully saturated rings. The molecule has 2 N–H and O–H groups in total. The molecule has 2 aromatic rings. The zero-order valence-electron chi connectivity index (χ0n) is 9.47. The average molecular weight is 233 g/mol. The SMILES string of the molecule is CCC(N)c1nnc(-c2ccc(C)cc2)s1. The van der Waals surface area contributed by atoms with Crippen LogP contribution in [0.25, 0.3) is 10.6 Å². The van der Waals surface area contributed by atoms with Gasteiger partial charge in [-0.05, 0) is 13.3 Å². The van der Waals surface area contributed by atoms with Gasteiger partial charge in [-0.1, -0.05) is 48.1 Å². The maximum absolute atomic E-state index is 5.92. The Labute approximate surface area is 99.3 Å². The molecule has 0 saturated carbocycles. The highest BCUT2D eigenvalue weighted by atomic mass is 32.1. The molecule has 0 aliphatic heterocycles. The van der Waals surface area contributed by atoms with Crippen LogP contribution in [-0.4, -0.2) is 10.2 Å². The van der Waals surface area contributed by atoms with Gasteiger partial charge in [-0.2, -0.15) is 0 Å². The third-order valence-corrected chi connectivity index (χ3v) is 3.60. The minimum absolute atomic E-state index is 0.0108. The van der Waals surface area contributed by atoms with E-state index < -0.39 is 0 Å². The molecule has 0 radical (unpaired) electrons. The van der Waals surface area contributed by atoms with E-state index in [0.29, 0.717) is 0 Å². The molecule has 16 heavy (non-hydrogen) atoms. The predicted molar refractivity (Wildman–Crippen MR) is 67.3 cm³/mol. The normalized spacial score (nSPS) is 12.7. The van der Waals surface area contributed by atoms with Gasteiger partial charge < -0.3 is 5.73 Å². The fourth-order valence-corrected chi connectivity index (χ4v) is 2.31. The molecule has 0 spiro atoms. The van der Waals surface area contributed by atoms with E-state index in [0.717, 1.165) is 22.0 Å². The van der Waals surface area contributed by atoms with Crippen LogP contribution in [0, 0.1) is 6.92 Å². The highest BCUT2D eigenvalue weighted by Crippen LogP contribution is 2.26. The molecule has 0 saturated heterocycles. The van der Waals surface area contributed by atoms with Crippen LogP contribution in [0.2, 0.25) is 0 Å². The first-order chi connectivity index (χ1) is 7.70. The second-order valence-corrected chi connectivity index (χ2v) is 4.84. The van der Waals surface area contributed by atoms with Gasteiger partial charge in [0, 0.05) is 5.56 Å². The summed E-state index contributed by atoms with van der Waals surface area (Å²) < 4.78 is 0. The van der Waals surface area contributed by atoms with Gasteiger partial charge >= 0.3 is 0 Å². The fraction of sp³-hybridized carbons (Fsp3) is 0.333. The van der Waals surface area contributed by atoms with Crippen LogP contribution in [0.1, 0.15) is 30.0 Å². The summed E-state index contributed by atoms with van der Waals surface area (Å²) >= 11 is 1.58. The Morgan fingerprint density at radius 1 is 1.25 bits per heavy atom. The first kappa shape index (κ1) is 11.2. The quantitative estimate of drug-likeness (QED) is 0.886. The van der Waals surface area contributed by atoms with Crippen LogP contribution < -0.4 is 5.73 Å². The number of hydrogen-bond donors (Lipinski definition) is 1. The first-order valence-electron chi connectivity index (χ1n) is 5.36. The summed E-state index contributed by atoms with van der Waals surface area (Å²) in [7, 11) is 0. The van der Waals surface area contributed by atoms with E-state index >= 15 is 0 Å². The third-order valence-electron chi connectivity index (χ3n) is 2.50. The molecule has 0 aliphatic carbocycles. The van der Waals surface area contributed by atoms with Crippen LogP contribution in [0.15, 0.2) is 24.3 Å². The highest BCUT2D eigenvalue weighted by Gasteiger charge is 2.11. The lowest BCUT2D eigenvalue weighted by molar-refractivity contribution is 0.683. The Kier molecular flexibility index (Phi) is 3.31. The van der Waals surface area contributed by atoms with Crippen molar-refractivity contribution in [1.82, 2.24) is 10.2 Å². The molecule has 1 unspecified atom stereocenters. The lowest BCUT2D eigenvalue weighted by atomic mass is 10.2. The van der Waals surface area contributed by atoms with Gasteiger partial charge in [0.15, 0.2) is 0 Å². The predicted octanol–water partition coefficient (Wildman–Crippen LogP) is 2.92. The van der Waals surface area contributed by atoms with Crippen LogP contribution in [0.4, 0.5) is 0 Å². The van der Waals surface area contributed by atoms with Crippen molar-refractivity contribution in [3.05, 3.63) is 34.8 Å². The maximum atomic E-state index is 5.92. The Balaban J connectivity index is 2.28. The van der Waals surface area contributed by atoms with E-state index in [9.17, 15) is 0 Å². The van der Waals surface area contributed by atoms with Crippen molar-refractivity contribution in [3.8, 4) is 10.6 Å². The van der Waals surface area contributed by atoms with Gasteiger partial charge in [-0.15, -0.1) is 10.2 Å². The number of aromatic nitrogens is 2. The van der Waals surface area contributed by atoms with Gasteiger partial charge in [0.05, 0.1) is 6.04 Å². The van der Waals surface area contributed by atoms with Gasteiger partial charge in [0.25, 0.3) is 0 Å². The number of aryl methyl sites for hydroxylation is 1. The molecule has 1 heterocycles. The average Bonchev–Trinajstić information content (AvgIpc) is 2.78. The van der Waals surface area contributed by atoms with Gasteiger partial charge in [-0.3, -0.25) is 0 Å². The molecule has 0 aliphatic rings. The molecule has 1 atom stereocenters. The zero-order valence-corrected chi connectivity index (χ0v) is 10.3. The summed E-state index contributed by atoms with van der Waals surface area (Å²) in [6.07, 6.45) is 0.891. The molecule has 0 amide bonds. The van der Waals surface area contributed by atoms with Crippen molar-refractivity contribution >= 4 is 11.3 Å². The molecule has 84 valence electrons. The zero-order chi connectivity index (χ0) is 11.5. The molecule has 3 nitrogen and oxygen atoms in total. The summed E-state index contributed by atoms with van der Waals surface area (Å²) in [5, 5.41) is 10.2. The molecular weight excluding hydrogens is 218 g/mol. The lowest BCUT2D eigenvalue weighted by Crippen LogP contribution is -2.07. The van der Waals surface area contributed by atoms with Gasteiger partial charge in [0.2, 0.25) is 0 Å². The number of nitrogens with zero attached hydrogens (tertiary/aromatic N) is 2. The summed E-state index contributed by atoms with van der Waals surface area (Å²) in [5.74, 6) is 0. The summed E-state index contributed by atoms with van der Waals surface area (Å²) in [5.41, 5.74) is 8.28. The van der Waals surface area contributed by atoms with Crippen molar-refractivity contribution in [3.63, 3.8) is 0 Å². The first-order valence-corrected chi connectivity index (χ1v) is 6.18. The van der Waals surface area contributed by atoms with E-state index in [1.165, 1.54) is 5.56 Å². The highest BCUT2D eigenvalue weighted by molar-refractivity contribution is 7.14. The van der Waals surface area contributed by atoms with Crippen molar-refractivity contribution in [2.24, 2.45) is 5.73 Å². The summed E-state index contributed by atoms with van der Waals surface area (Å²) in [4.78, 5) is 0. The second kappa shape index (κ2) is 4.72. The Hall–Kier alpha value is -1.26. The minimum atomic E-state index is 0.0108. The third kappa shape index (κ3) is 2.28. The number of hydrogen-bond acceptors (Lipinski definition) is 4. The number of benzene rings is 1. The van der Waals surface area contributed by atoms with Crippen molar-refractivity contribution in [2.75, 3.05) is 0 Å². The molecule has 1 aromatic carbocycles. The van der Waals surface area contributed by atoms with Crippen LogP contribution in [-0.2, 0) is 0 Å². The molecular formula is C12H15N3S. The summed E-state index contributed by atoms with van der Waals surface area (Å²) in [6, 6.07) is 8.30. The largest absolute Gasteiger partial charge is 0.322 e. The van der Waals surface area contributed by atoms with Gasteiger partial charge in [-0.25, -0.2) is 0 Å². The molecule has 0 bridgehead atoms. The number of rotatable bonds is 3. The van der Waals surface area contributed by atoms with E-state index in [1.807, 2.05) is 0 Å². The summed E-state index contributed by atoms with van der Waals surface area (Å²) in [6.45, 7) is 4.12. The Bertz CT molecular complexity index is 461. The molecule has 2 rings (SSSR count). The minimum Gasteiger partial charge on any atom is -0.322 e. The maximum Gasteiger partial charge on any atom is 0.147 e. The molecule has 1 aromatic heterocycles. The number of nitrogens with two attached hydrogens (primary N) is 1. The smallest absolute Gasteiger partial charge is 0.147 e. The Morgan fingerprint density at radius 3 is 2.56 bits per heavy atom. The van der Waals surface area contributed by atoms with E-state index in [1.54, 1.807) is 11.3 Å². The Morgan fingerprint density at radius 2 is 1.94 bits per heavy atom. The van der Waals surface area contributed by atoms with Crippen molar-refractivity contribution in [1.29, 1.82) is 0 Å². The van der Waals surface area contributed by atoms with E-state index in [4.69, 9.17) is 5.73 Å². The second-order valence-electron chi connectivity index (χ2n) is 3.83. The van der Waals surface area contributed by atoms with Crippen molar-refractivity contribution < 1.29 is 0 Å². The lowest BCUT2D eigenvalue weighted by Gasteiger charge is -2.00. The van der Waals surface area contributed by atoms with E-state index in [-0.39, 0.29) is 6.04 Å². The molecule has 4 heteroatoms. The van der Waals surface area contributed by atoms with Crippen molar-refractivity contribution in [2.45, 2.75) is 26.3 Å². The monoisotopic (exact) mass is 233 g/mol. The fourth-order valence-electron chi connectivity index (χ4n) is 1.37. The van der Waals surface area contributed by atoms with Crippen LogP contribution in [0.3, 0.4) is 0 Å². The standard InChI is InChI=1S/C12H15N3S/c1-3-10(13)12-15-14-11(16-12)9-6-4-8(2)5-7-9/h4-7,10H,3,13H2,1-2H3.